The maximum Gasteiger partial charge on any atom is 0.201 e. The molecule has 3 aromatic carbocycles. The van der Waals surface area contributed by atoms with Gasteiger partial charge in [0.2, 0.25) is 5.82 Å². The molecule has 1 atom stereocenters. The van der Waals surface area contributed by atoms with Crippen LogP contribution in [0.15, 0.2) is 73.3 Å². The molecule has 1 aliphatic rings. The molecule has 0 saturated heterocycles. The smallest absolute Gasteiger partial charge is 0.201 e. The summed E-state index contributed by atoms with van der Waals surface area (Å²) < 4.78 is 48.3. The van der Waals surface area contributed by atoms with E-state index in [1.165, 1.54) is 24.8 Å². The highest BCUT2D eigenvalue weighted by atomic mass is 19.2. The van der Waals surface area contributed by atoms with Crippen molar-refractivity contribution in [2.75, 3.05) is 7.11 Å². The molecule has 0 fully saturated rings. The van der Waals surface area contributed by atoms with Crippen LogP contribution in [0, 0.1) is 23.4 Å². The highest BCUT2D eigenvalue weighted by Crippen LogP contribution is 2.35. The summed E-state index contributed by atoms with van der Waals surface area (Å²) in [6.45, 7) is 3.79. The second-order valence-electron chi connectivity index (χ2n) is 8.45. The van der Waals surface area contributed by atoms with E-state index in [0.29, 0.717) is 22.6 Å². The van der Waals surface area contributed by atoms with Gasteiger partial charge in [-0.3, -0.25) is 0 Å². The van der Waals surface area contributed by atoms with Crippen molar-refractivity contribution in [1.82, 2.24) is 0 Å². The summed E-state index contributed by atoms with van der Waals surface area (Å²) in [4.78, 5) is 0. The lowest BCUT2D eigenvalue weighted by Gasteiger charge is -2.22. The van der Waals surface area contributed by atoms with Crippen LogP contribution in [0.25, 0.3) is 27.8 Å². The minimum absolute atomic E-state index is 0.131. The van der Waals surface area contributed by atoms with E-state index in [-0.39, 0.29) is 17.1 Å². The Hall–Kier alpha value is -3.27. The first kappa shape index (κ1) is 22.9. The average molecular weight is 449 g/mol. The standard InChI is InChI=1S/C29H27F3O/c1-3-4-5-19-6-8-20(9-7-19)23-14-15-24(26(30)18-23)21-10-12-22(13-11-21)25-16-17-27(33-2)29(32)28(25)31/h3,8,10-19H,1,4-7,9H2,2H3. The summed E-state index contributed by atoms with van der Waals surface area (Å²) in [7, 11) is 1.29. The largest absolute Gasteiger partial charge is 0.494 e. The van der Waals surface area contributed by atoms with Crippen molar-refractivity contribution < 1.29 is 17.9 Å². The zero-order chi connectivity index (χ0) is 23.4. The molecule has 3 aromatic rings. The van der Waals surface area contributed by atoms with Crippen molar-refractivity contribution in [1.29, 1.82) is 0 Å². The summed E-state index contributed by atoms with van der Waals surface area (Å²) >= 11 is 0. The molecule has 0 bridgehead atoms. The van der Waals surface area contributed by atoms with E-state index in [1.54, 1.807) is 36.4 Å². The third kappa shape index (κ3) is 4.90. The van der Waals surface area contributed by atoms with Gasteiger partial charge in [-0.25, -0.2) is 8.78 Å². The van der Waals surface area contributed by atoms with Crippen LogP contribution < -0.4 is 4.74 Å². The van der Waals surface area contributed by atoms with E-state index in [9.17, 15) is 13.2 Å². The molecule has 0 aliphatic heterocycles. The van der Waals surface area contributed by atoms with Crippen molar-refractivity contribution in [2.24, 2.45) is 5.92 Å². The average Bonchev–Trinajstić information content (AvgIpc) is 2.85. The van der Waals surface area contributed by atoms with Gasteiger partial charge in [-0.1, -0.05) is 48.6 Å². The second-order valence-corrected chi connectivity index (χ2v) is 8.45. The van der Waals surface area contributed by atoms with E-state index >= 15 is 0 Å². The van der Waals surface area contributed by atoms with Crippen molar-refractivity contribution in [3.63, 3.8) is 0 Å². The van der Waals surface area contributed by atoms with Crippen LogP contribution in [0.5, 0.6) is 5.75 Å². The van der Waals surface area contributed by atoms with Gasteiger partial charge in [0.05, 0.1) is 7.11 Å². The van der Waals surface area contributed by atoms with Crippen LogP contribution >= 0.6 is 0 Å². The quantitative estimate of drug-likeness (QED) is 0.329. The molecule has 0 radical (unpaired) electrons. The summed E-state index contributed by atoms with van der Waals surface area (Å²) in [5, 5.41) is 0. The molecule has 0 heterocycles. The molecule has 4 rings (SSSR count). The van der Waals surface area contributed by atoms with Gasteiger partial charge < -0.3 is 4.74 Å². The van der Waals surface area contributed by atoms with Crippen LogP contribution in [-0.4, -0.2) is 7.11 Å². The zero-order valence-corrected chi connectivity index (χ0v) is 18.7. The first-order valence-corrected chi connectivity index (χ1v) is 11.2. The van der Waals surface area contributed by atoms with Crippen molar-refractivity contribution in [3.05, 3.63) is 96.3 Å². The Kier molecular flexibility index (Phi) is 7.02. The minimum Gasteiger partial charge on any atom is -0.494 e. The van der Waals surface area contributed by atoms with Crippen molar-refractivity contribution in [3.8, 4) is 28.0 Å². The van der Waals surface area contributed by atoms with Gasteiger partial charge in [-0.05, 0) is 78.5 Å². The number of halogens is 3. The zero-order valence-electron chi connectivity index (χ0n) is 18.7. The molecule has 33 heavy (non-hydrogen) atoms. The fourth-order valence-corrected chi connectivity index (χ4v) is 4.46. The second kappa shape index (κ2) is 10.1. The highest BCUT2D eigenvalue weighted by Gasteiger charge is 2.17. The summed E-state index contributed by atoms with van der Waals surface area (Å²) in [5.74, 6) is -1.75. The Morgan fingerprint density at radius 2 is 1.58 bits per heavy atom. The minimum atomic E-state index is -1.02. The number of hydrogen-bond acceptors (Lipinski definition) is 1. The Balaban J connectivity index is 1.53. The van der Waals surface area contributed by atoms with Crippen LogP contribution in [0.1, 0.15) is 37.7 Å². The molecule has 0 N–H and O–H groups in total. The third-order valence-electron chi connectivity index (χ3n) is 6.41. The van der Waals surface area contributed by atoms with E-state index in [0.717, 1.165) is 37.7 Å². The SMILES string of the molecule is C=CCCC1CC=C(c2ccc(-c3ccc(-c4ccc(OC)c(F)c4F)cc3)c(F)c2)CC1. The van der Waals surface area contributed by atoms with Gasteiger partial charge in [-0.15, -0.1) is 6.58 Å². The molecule has 4 heteroatoms. The Morgan fingerprint density at radius 3 is 2.18 bits per heavy atom. The third-order valence-corrected chi connectivity index (χ3v) is 6.41. The maximum atomic E-state index is 15.0. The highest BCUT2D eigenvalue weighted by molar-refractivity contribution is 5.74. The molecule has 0 spiro atoms. The first-order valence-electron chi connectivity index (χ1n) is 11.2. The molecular weight excluding hydrogens is 421 g/mol. The summed E-state index contributed by atoms with van der Waals surface area (Å²) in [5.41, 5.74) is 3.92. The molecule has 0 saturated carbocycles. The van der Waals surface area contributed by atoms with E-state index in [1.807, 2.05) is 12.1 Å². The van der Waals surface area contributed by atoms with Gasteiger partial charge in [0.1, 0.15) is 5.82 Å². The molecule has 1 nitrogen and oxygen atoms in total. The monoisotopic (exact) mass is 448 g/mol. The van der Waals surface area contributed by atoms with Gasteiger partial charge >= 0.3 is 0 Å². The van der Waals surface area contributed by atoms with E-state index in [2.05, 4.69) is 12.7 Å². The van der Waals surface area contributed by atoms with Crippen LogP contribution in [0.2, 0.25) is 0 Å². The summed E-state index contributed by atoms with van der Waals surface area (Å²) in [6, 6.07) is 15.0. The molecular formula is C29H27F3O. The number of methoxy groups -OCH3 is 1. The molecule has 170 valence electrons. The van der Waals surface area contributed by atoms with E-state index in [4.69, 9.17) is 4.74 Å². The van der Waals surface area contributed by atoms with Crippen molar-refractivity contribution >= 4 is 5.57 Å². The molecule has 1 aliphatic carbocycles. The first-order chi connectivity index (χ1) is 16.0. The fourth-order valence-electron chi connectivity index (χ4n) is 4.46. The molecule has 0 aromatic heterocycles. The molecule has 0 amide bonds. The number of hydrogen-bond donors (Lipinski definition) is 0. The predicted octanol–water partition coefficient (Wildman–Crippen LogP) is 8.60. The van der Waals surface area contributed by atoms with Gasteiger partial charge in [0.25, 0.3) is 0 Å². The number of benzene rings is 3. The lowest BCUT2D eigenvalue weighted by molar-refractivity contribution is 0.372. The lowest BCUT2D eigenvalue weighted by atomic mass is 9.84. The Bertz CT molecular complexity index is 1180. The topological polar surface area (TPSA) is 9.23 Å². The summed E-state index contributed by atoms with van der Waals surface area (Å²) in [6.07, 6.45) is 9.50. The fraction of sp³-hybridized carbons (Fsp3) is 0.241. The molecule has 1 unspecified atom stereocenters. The van der Waals surface area contributed by atoms with Crippen LogP contribution in [0.4, 0.5) is 13.2 Å². The number of rotatable bonds is 7. The van der Waals surface area contributed by atoms with Crippen molar-refractivity contribution in [2.45, 2.75) is 32.1 Å². The maximum absolute atomic E-state index is 15.0. The van der Waals surface area contributed by atoms with E-state index < -0.39 is 11.6 Å². The number of allylic oxidation sites excluding steroid dienone is 3. The Labute approximate surface area is 193 Å². The predicted molar refractivity (Wildman–Crippen MR) is 128 cm³/mol. The van der Waals surface area contributed by atoms with Crippen LogP contribution in [0.3, 0.4) is 0 Å². The Morgan fingerprint density at radius 1 is 0.909 bits per heavy atom. The van der Waals surface area contributed by atoms with Crippen LogP contribution in [-0.2, 0) is 0 Å². The van der Waals surface area contributed by atoms with Gasteiger partial charge in [-0.2, -0.15) is 4.39 Å². The lowest BCUT2D eigenvalue weighted by Crippen LogP contribution is -2.05. The van der Waals surface area contributed by atoms with Gasteiger partial charge in [0.15, 0.2) is 11.6 Å². The number of ether oxygens (including phenoxy) is 1. The van der Waals surface area contributed by atoms with Gasteiger partial charge in [0, 0.05) is 11.1 Å². The normalized spacial score (nSPS) is 15.8.